The van der Waals surface area contributed by atoms with E-state index in [1.54, 1.807) is 6.08 Å². The fourth-order valence-corrected chi connectivity index (χ4v) is 1.26. The van der Waals surface area contributed by atoms with Crippen molar-refractivity contribution >= 4 is 12.0 Å². The number of rotatable bonds is 6. The van der Waals surface area contributed by atoms with Gasteiger partial charge in [-0.25, -0.2) is 4.79 Å². The molecular formula is C15H16O3. The number of ether oxygens (including phenoxy) is 2. The molecule has 3 heteroatoms. The van der Waals surface area contributed by atoms with E-state index < -0.39 is 0 Å². The number of hydrogen-bond donors (Lipinski definition) is 0. The minimum Gasteiger partial charge on any atom is -0.494 e. The third kappa shape index (κ3) is 5.22. The lowest BCUT2D eigenvalue weighted by atomic mass is 10.2. The maximum Gasteiger partial charge on any atom is 0.330 e. The lowest BCUT2D eigenvalue weighted by molar-refractivity contribution is -0.137. The summed E-state index contributed by atoms with van der Waals surface area (Å²) < 4.78 is 10.2. The third-order valence-electron chi connectivity index (χ3n) is 2.09. The van der Waals surface area contributed by atoms with E-state index in [2.05, 4.69) is 5.92 Å². The van der Waals surface area contributed by atoms with Gasteiger partial charge in [-0.3, -0.25) is 0 Å². The highest BCUT2D eigenvalue weighted by Crippen LogP contribution is 2.12. The fourth-order valence-electron chi connectivity index (χ4n) is 1.26. The van der Waals surface area contributed by atoms with E-state index in [9.17, 15) is 4.79 Å². The second-order valence-electron chi connectivity index (χ2n) is 3.46. The van der Waals surface area contributed by atoms with E-state index in [0.29, 0.717) is 13.0 Å². The molecule has 18 heavy (non-hydrogen) atoms. The number of terminal acetylenes is 1. The molecule has 0 amide bonds. The van der Waals surface area contributed by atoms with Crippen LogP contribution in [0.4, 0.5) is 0 Å². The normalized spacial score (nSPS) is 10.0. The largest absolute Gasteiger partial charge is 0.494 e. The number of hydrogen-bond acceptors (Lipinski definition) is 3. The van der Waals surface area contributed by atoms with Crippen LogP contribution in [0.3, 0.4) is 0 Å². The molecule has 0 aromatic heterocycles. The Kier molecular flexibility index (Phi) is 6.13. The van der Waals surface area contributed by atoms with Gasteiger partial charge in [0.1, 0.15) is 12.4 Å². The molecule has 94 valence electrons. The number of carbonyl (C=O) groups excluding carboxylic acids is 1. The topological polar surface area (TPSA) is 35.5 Å². The Bertz CT molecular complexity index is 438. The van der Waals surface area contributed by atoms with Crippen molar-refractivity contribution in [1.82, 2.24) is 0 Å². The van der Waals surface area contributed by atoms with Crippen LogP contribution in [0.15, 0.2) is 30.3 Å². The van der Waals surface area contributed by atoms with E-state index in [-0.39, 0.29) is 12.6 Å². The lowest BCUT2D eigenvalue weighted by Gasteiger charge is -2.02. The van der Waals surface area contributed by atoms with Crippen LogP contribution >= 0.6 is 0 Å². The molecule has 0 aliphatic rings. The minimum absolute atomic E-state index is 0.253. The predicted octanol–water partition coefficient (Wildman–Crippen LogP) is 2.67. The first kappa shape index (κ1) is 13.9. The minimum atomic E-state index is -0.390. The number of carbonyl (C=O) groups is 1. The molecule has 0 aliphatic carbocycles. The van der Waals surface area contributed by atoms with Gasteiger partial charge in [0.2, 0.25) is 0 Å². The summed E-state index contributed by atoms with van der Waals surface area (Å²) in [4.78, 5) is 11.3. The average molecular weight is 244 g/mol. The summed E-state index contributed by atoms with van der Waals surface area (Å²) in [5.74, 6) is 2.82. The second-order valence-corrected chi connectivity index (χ2v) is 3.46. The Hall–Kier alpha value is -2.21. The van der Waals surface area contributed by atoms with Crippen molar-refractivity contribution in [2.75, 3.05) is 13.2 Å². The standard InChI is InChI=1S/C15H16O3/c1-3-5-12-18-15(16)11-8-13-6-9-14(10-7-13)17-4-2/h1,6-11H,4-5,12H2,2H3. The van der Waals surface area contributed by atoms with Crippen molar-refractivity contribution in [3.63, 3.8) is 0 Å². The van der Waals surface area contributed by atoms with Crippen LogP contribution in [0.1, 0.15) is 18.9 Å². The van der Waals surface area contributed by atoms with Gasteiger partial charge in [0.05, 0.1) is 6.61 Å². The van der Waals surface area contributed by atoms with E-state index in [1.165, 1.54) is 6.08 Å². The summed E-state index contributed by atoms with van der Waals surface area (Å²) in [6, 6.07) is 7.45. The first-order chi connectivity index (χ1) is 8.76. The summed E-state index contributed by atoms with van der Waals surface area (Å²) in [7, 11) is 0. The molecular weight excluding hydrogens is 228 g/mol. The average Bonchev–Trinajstić information content (AvgIpc) is 2.39. The van der Waals surface area contributed by atoms with Crippen molar-refractivity contribution in [2.45, 2.75) is 13.3 Å². The Labute approximate surface area is 107 Å². The van der Waals surface area contributed by atoms with Crippen LogP contribution in [-0.4, -0.2) is 19.2 Å². The van der Waals surface area contributed by atoms with Crippen molar-refractivity contribution in [3.8, 4) is 18.1 Å². The maximum atomic E-state index is 11.3. The maximum absolute atomic E-state index is 11.3. The van der Waals surface area contributed by atoms with Gasteiger partial charge in [-0.2, -0.15) is 0 Å². The van der Waals surface area contributed by atoms with Crippen molar-refractivity contribution in [1.29, 1.82) is 0 Å². The summed E-state index contributed by atoms with van der Waals surface area (Å²) in [6.07, 6.45) is 8.55. The van der Waals surface area contributed by atoms with Crippen molar-refractivity contribution < 1.29 is 14.3 Å². The molecule has 0 saturated heterocycles. The first-order valence-electron chi connectivity index (χ1n) is 5.77. The Morgan fingerprint density at radius 2 is 2.11 bits per heavy atom. The summed E-state index contributed by atoms with van der Waals surface area (Å²) in [6.45, 7) is 2.82. The molecule has 0 saturated carbocycles. The van der Waals surface area contributed by atoms with Crippen LogP contribution in [0.2, 0.25) is 0 Å². The molecule has 0 spiro atoms. The van der Waals surface area contributed by atoms with Crippen molar-refractivity contribution in [2.24, 2.45) is 0 Å². The molecule has 1 rings (SSSR count). The third-order valence-corrected chi connectivity index (χ3v) is 2.09. The number of benzene rings is 1. The predicted molar refractivity (Wildman–Crippen MR) is 71.1 cm³/mol. The first-order valence-corrected chi connectivity index (χ1v) is 5.77. The van der Waals surface area contributed by atoms with Gasteiger partial charge >= 0.3 is 5.97 Å². The van der Waals surface area contributed by atoms with Gasteiger partial charge in [-0.05, 0) is 30.7 Å². The molecule has 0 atom stereocenters. The fraction of sp³-hybridized carbons (Fsp3) is 0.267. The zero-order chi connectivity index (χ0) is 13.2. The smallest absolute Gasteiger partial charge is 0.330 e. The van der Waals surface area contributed by atoms with Crippen LogP contribution in [0.5, 0.6) is 5.75 Å². The number of esters is 1. The Morgan fingerprint density at radius 1 is 1.39 bits per heavy atom. The molecule has 0 radical (unpaired) electrons. The Balaban J connectivity index is 2.46. The lowest BCUT2D eigenvalue weighted by Crippen LogP contribution is -2.01. The van der Waals surface area contributed by atoms with Gasteiger partial charge in [0.25, 0.3) is 0 Å². The van der Waals surface area contributed by atoms with E-state index in [0.717, 1.165) is 11.3 Å². The SMILES string of the molecule is C#CCCOC(=O)C=Cc1ccc(OCC)cc1. The second kappa shape index (κ2) is 7.97. The van der Waals surface area contributed by atoms with Crippen LogP contribution in [0, 0.1) is 12.3 Å². The monoisotopic (exact) mass is 244 g/mol. The molecule has 0 heterocycles. The summed E-state index contributed by atoms with van der Waals surface area (Å²) in [5, 5.41) is 0. The molecule has 0 aliphatic heterocycles. The van der Waals surface area contributed by atoms with E-state index >= 15 is 0 Å². The zero-order valence-electron chi connectivity index (χ0n) is 10.4. The molecule has 1 aromatic rings. The van der Waals surface area contributed by atoms with Gasteiger partial charge < -0.3 is 9.47 Å². The van der Waals surface area contributed by atoms with Gasteiger partial charge in [-0.1, -0.05) is 12.1 Å². The van der Waals surface area contributed by atoms with Crippen LogP contribution in [0.25, 0.3) is 6.08 Å². The van der Waals surface area contributed by atoms with Crippen LogP contribution in [-0.2, 0) is 9.53 Å². The summed E-state index contributed by atoms with van der Waals surface area (Å²) in [5.41, 5.74) is 0.910. The van der Waals surface area contributed by atoms with Gasteiger partial charge in [-0.15, -0.1) is 12.3 Å². The summed E-state index contributed by atoms with van der Waals surface area (Å²) >= 11 is 0. The van der Waals surface area contributed by atoms with Gasteiger partial charge in [0.15, 0.2) is 0 Å². The molecule has 0 fully saturated rings. The highest BCUT2D eigenvalue weighted by atomic mass is 16.5. The Morgan fingerprint density at radius 3 is 2.72 bits per heavy atom. The zero-order valence-corrected chi connectivity index (χ0v) is 10.4. The van der Waals surface area contributed by atoms with E-state index in [4.69, 9.17) is 15.9 Å². The highest BCUT2D eigenvalue weighted by Gasteiger charge is 1.96. The quantitative estimate of drug-likeness (QED) is 0.334. The molecule has 3 nitrogen and oxygen atoms in total. The highest BCUT2D eigenvalue weighted by molar-refractivity contribution is 5.87. The molecule has 0 N–H and O–H groups in total. The van der Waals surface area contributed by atoms with Gasteiger partial charge in [0, 0.05) is 12.5 Å². The molecule has 1 aromatic carbocycles. The van der Waals surface area contributed by atoms with Crippen LogP contribution < -0.4 is 4.74 Å². The van der Waals surface area contributed by atoms with E-state index in [1.807, 2.05) is 31.2 Å². The molecule has 0 unspecified atom stereocenters. The molecule has 0 bridgehead atoms. The van der Waals surface area contributed by atoms with Crippen molar-refractivity contribution in [3.05, 3.63) is 35.9 Å².